The molecule has 1 atom stereocenters. The molecule has 0 aliphatic rings. The van der Waals surface area contributed by atoms with E-state index in [1.165, 1.54) is 35.2 Å². The summed E-state index contributed by atoms with van der Waals surface area (Å²) in [4.78, 5) is 29.2. The first-order valence-corrected chi connectivity index (χ1v) is 12.9. The van der Waals surface area contributed by atoms with Crippen LogP contribution in [-0.2, 0) is 6.61 Å². The van der Waals surface area contributed by atoms with Crippen LogP contribution in [-0.4, -0.2) is 20.8 Å². The first-order valence-electron chi connectivity index (χ1n) is 11.3. The summed E-state index contributed by atoms with van der Waals surface area (Å²) in [6.07, 6.45) is 2.10. The van der Waals surface area contributed by atoms with E-state index in [4.69, 9.17) is 4.74 Å². The zero-order valence-electron chi connectivity index (χ0n) is 19.8. The first-order chi connectivity index (χ1) is 17.7. The smallest absolute Gasteiger partial charge is 0.312 e. The summed E-state index contributed by atoms with van der Waals surface area (Å²) in [5.74, 6) is 0.00427. The van der Waals surface area contributed by atoms with E-state index < -0.39 is 10.7 Å². The summed E-state index contributed by atoms with van der Waals surface area (Å²) in [7, 11) is 0. The molecule has 0 spiro atoms. The van der Waals surface area contributed by atoms with Crippen molar-refractivity contribution in [2.45, 2.75) is 32.8 Å². The predicted molar refractivity (Wildman–Crippen MR) is 147 cm³/mol. The van der Waals surface area contributed by atoms with Gasteiger partial charge in [-0.3, -0.25) is 14.9 Å². The van der Waals surface area contributed by atoms with Crippen LogP contribution in [0.3, 0.4) is 0 Å². The molecule has 0 aliphatic heterocycles. The molecule has 8 nitrogen and oxygen atoms in total. The molecule has 0 unspecified atom stereocenters. The van der Waals surface area contributed by atoms with Gasteiger partial charge >= 0.3 is 5.69 Å². The van der Waals surface area contributed by atoms with Gasteiger partial charge in [0.05, 0.1) is 26.5 Å². The average Bonchev–Trinajstić information content (AvgIpc) is 2.87. The van der Waals surface area contributed by atoms with Crippen molar-refractivity contribution in [2.75, 3.05) is 0 Å². The molecule has 3 aromatic carbocycles. The summed E-state index contributed by atoms with van der Waals surface area (Å²) in [6.45, 7) is 3.88. The summed E-state index contributed by atoms with van der Waals surface area (Å²) < 4.78 is 21.4. The van der Waals surface area contributed by atoms with E-state index in [0.29, 0.717) is 32.3 Å². The summed E-state index contributed by atoms with van der Waals surface area (Å²) in [6, 6.07) is 14.0. The molecule has 37 heavy (non-hydrogen) atoms. The number of rotatable bonds is 8. The third-order valence-corrected chi connectivity index (χ3v) is 6.81. The van der Waals surface area contributed by atoms with Crippen LogP contribution in [0.2, 0.25) is 0 Å². The van der Waals surface area contributed by atoms with Gasteiger partial charge in [0.15, 0.2) is 0 Å². The van der Waals surface area contributed by atoms with Crippen LogP contribution < -0.4 is 10.3 Å². The fraction of sp³-hybridized carbons (Fsp3) is 0.192. The van der Waals surface area contributed by atoms with E-state index in [-0.39, 0.29) is 29.5 Å². The van der Waals surface area contributed by atoms with Gasteiger partial charge < -0.3 is 4.74 Å². The number of aromatic nitrogens is 2. The number of hydrogen-bond acceptors (Lipinski definition) is 6. The zero-order chi connectivity index (χ0) is 26.7. The number of benzene rings is 3. The largest absolute Gasteiger partial charge is 0.481 e. The van der Waals surface area contributed by atoms with E-state index in [1.807, 2.05) is 19.9 Å². The number of nitro benzene ring substituents is 1. The molecule has 4 aromatic rings. The van der Waals surface area contributed by atoms with Crippen LogP contribution in [0.25, 0.3) is 10.9 Å². The highest BCUT2D eigenvalue weighted by Gasteiger charge is 2.21. The standard InChI is InChI=1S/C26H21Br2FN4O4/c1-3-15(2)25-31-22-8-7-18(27)12-20(22)26(34)32(25)30-13-17-10-21(28)24(23(11-17)33(35)36)37-14-16-5-4-6-19(29)9-16/h4-13,15H,3,14H2,1-2H3/t15-/m0/s1. The summed E-state index contributed by atoms with van der Waals surface area (Å²) in [5, 5.41) is 16.6. The SMILES string of the molecule is CC[C@H](C)c1nc2ccc(Br)cc2c(=O)n1N=Cc1cc(Br)c(OCc2cccc(F)c2)c([N+](=O)[O-])c1. The lowest BCUT2D eigenvalue weighted by Crippen LogP contribution is -2.23. The minimum absolute atomic E-state index is 0.00101. The molecule has 0 fully saturated rings. The molecule has 4 rings (SSSR count). The maximum Gasteiger partial charge on any atom is 0.312 e. The molecule has 11 heteroatoms. The Morgan fingerprint density at radius 3 is 2.70 bits per heavy atom. The molecule has 0 amide bonds. The van der Waals surface area contributed by atoms with Gasteiger partial charge in [-0.05, 0) is 64.3 Å². The second-order valence-electron chi connectivity index (χ2n) is 8.33. The molecule has 0 bridgehead atoms. The molecule has 0 aliphatic carbocycles. The highest BCUT2D eigenvalue weighted by atomic mass is 79.9. The Balaban J connectivity index is 1.74. The number of nitro groups is 1. The maximum absolute atomic E-state index is 13.5. The lowest BCUT2D eigenvalue weighted by Gasteiger charge is -2.14. The second kappa shape index (κ2) is 11.3. The maximum atomic E-state index is 13.5. The molecule has 1 heterocycles. The van der Waals surface area contributed by atoms with Gasteiger partial charge in [0, 0.05) is 22.0 Å². The van der Waals surface area contributed by atoms with Crippen molar-refractivity contribution < 1.29 is 14.1 Å². The Bertz CT molecular complexity index is 1590. The molecular formula is C26H21Br2FN4O4. The third-order valence-electron chi connectivity index (χ3n) is 5.72. The van der Waals surface area contributed by atoms with Crippen LogP contribution in [0, 0.1) is 15.9 Å². The van der Waals surface area contributed by atoms with Gasteiger partial charge in [0.2, 0.25) is 5.75 Å². The lowest BCUT2D eigenvalue weighted by molar-refractivity contribution is -0.386. The zero-order valence-corrected chi connectivity index (χ0v) is 23.0. The number of nitrogens with zero attached hydrogens (tertiary/aromatic N) is 4. The topological polar surface area (TPSA) is 99.6 Å². The minimum Gasteiger partial charge on any atom is -0.481 e. The van der Waals surface area contributed by atoms with E-state index >= 15 is 0 Å². The number of ether oxygens (including phenoxy) is 1. The molecule has 1 aromatic heterocycles. The van der Waals surface area contributed by atoms with E-state index in [9.17, 15) is 19.3 Å². The van der Waals surface area contributed by atoms with Crippen molar-refractivity contribution in [3.05, 3.63) is 107 Å². The van der Waals surface area contributed by atoms with Gasteiger partial charge in [0.25, 0.3) is 5.56 Å². The quantitative estimate of drug-likeness (QED) is 0.119. The summed E-state index contributed by atoms with van der Waals surface area (Å²) in [5.41, 5.74) is 0.809. The normalized spacial score (nSPS) is 12.2. The number of fused-ring (bicyclic) bond motifs is 1. The minimum atomic E-state index is -0.575. The van der Waals surface area contributed by atoms with E-state index in [2.05, 4.69) is 41.9 Å². The van der Waals surface area contributed by atoms with Crippen LogP contribution in [0.15, 0.2) is 73.4 Å². The highest BCUT2D eigenvalue weighted by Crippen LogP contribution is 2.36. The van der Waals surface area contributed by atoms with Gasteiger partial charge in [-0.1, -0.05) is 41.9 Å². The Labute approximate surface area is 228 Å². The van der Waals surface area contributed by atoms with Crippen LogP contribution in [0.4, 0.5) is 10.1 Å². The van der Waals surface area contributed by atoms with Crippen LogP contribution in [0.1, 0.15) is 43.1 Å². The number of hydrogen-bond donors (Lipinski definition) is 0. The van der Waals surface area contributed by atoms with Crippen molar-refractivity contribution >= 4 is 54.7 Å². The first kappa shape index (κ1) is 26.6. The van der Waals surface area contributed by atoms with Crippen molar-refractivity contribution in [1.29, 1.82) is 0 Å². The average molecular weight is 632 g/mol. The molecule has 0 saturated carbocycles. The lowest BCUT2D eigenvalue weighted by atomic mass is 10.1. The summed E-state index contributed by atoms with van der Waals surface area (Å²) >= 11 is 6.71. The predicted octanol–water partition coefficient (Wildman–Crippen LogP) is 6.94. The van der Waals surface area contributed by atoms with Crippen molar-refractivity contribution in [3.8, 4) is 5.75 Å². The second-order valence-corrected chi connectivity index (χ2v) is 10.1. The third kappa shape index (κ3) is 5.94. The molecular weight excluding hydrogens is 611 g/mol. The van der Waals surface area contributed by atoms with Crippen LogP contribution in [0.5, 0.6) is 5.75 Å². The van der Waals surface area contributed by atoms with E-state index in [0.717, 1.165) is 10.9 Å². The molecule has 0 radical (unpaired) electrons. The van der Waals surface area contributed by atoms with Crippen LogP contribution >= 0.6 is 31.9 Å². The van der Waals surface area contributed by atoms with Gasteiger partial charge in [-0.25, -0.2) is 9.37 Å². The Kier molecular flexibility index (Phi) is 8.13. The molecule has 0 N–H and O–H groups in total. The fourth-order valence-electron chi connectivity index (χ4n) is 3.64. The monoisotopic (exact) mass is 630 g/mol. The number of halogens is 3. The Hall–Kier alpha value is -3.44. The van der Waals surface area contributed by atoms with Gasteiger partial charge in [-0.15, -0.1) is 0 Å². The molecule has 190 valence electrons. The van der Waals surface area contributed by atoms with Crippen molar-refractivity contribution in [3.63, 3.8) is 0 Å². The van der Waals surface area contributed by atoms with Gasteiger partial charge in [-0.2, -0.15) is 9.78 Å². The Morgan fingerprint density at radius 1 is 1.22 bits per heavy atom. The van der Waals surface area contributed by atoms with Gasteiger partial charge in [0.1, 0.15) is 18.2 Å². The Morgan fingerprint density at radius 2 is 2.00 bits per heavy atom. The highest BCUT2D eigenvalue weighted by molar-refractivity contribution is 9.10. The van der Waals surface area contributed by atoms with Crippen molar-refractivity contribution in [1.82, 2.24) is 9.66 Å². The van der Waals surface area contributed by atoms with E-state index in [1.54, 1.807) is 24.3 Å². The van der Waals surface area contributed by atoms with Crippen molar-refractivity contribution in [2.24, 2.45) is 5.10 Å². The fourth-order valence-corrected chi connectivity index (χ4v) is 4.58. The molecule has 0 saturated heterocycles.